The van der Waals surface area contributed by atoms with E-state index in [1.54, 1.807) is 17.0 Å². The maximum absolute atomic E-state index is 13.4. The highest BCUT2D eigenvalue weighted by molar-refractivity contribution is 7.89. The van der Waals surface area contributed by atoms with Crippen LogP contribution in [0.15, 0.2) is 59.5 Å². The van der Waals surface area contributed by atoms with Gasteiger partial charge in [0.05, 0.1) is 30.3 Å². The van der Waals surface area contributed by atoms with E-state index in [0.717, 1.165) is 18.4 Å². The zero-order valence-electron chi connectivity index (χ0n) is 19.0. The van der Waals surface area contributed by atoms with E-state index in [1.807, 2.05) is 30.3 Å². The molecule has 1 saturated heterocycles. The molecule has 2 aliphatic rings. The van der Waals surface area contributed by atoms with Crippen LogP contribution in [-0.2, 0) is 21.2 Å². The number of amides is 2. The number of urea groups is 1. The quantitative estimate of drug-likeness (QED) is 0.459. The van der Waals surface area contributed by atoms with E-state index in [0.29, 0.717) is 38.4 Å². The Kier molecular flexibility index (Phi) is 7.72. The van der Waals surface area contributed by atoms with Crippen LogP contribution in [0.25, 0.3) is 0 Å². The number of carbonyl (C=O) groups is 1. The zero-order chi connectivity index (χ0) is 24.1. The smallest absolute Gasteiger partial charge is 0.317 e. The molecule has 4 N–H and O–H groups in total. The summed E-state index contributed by atoms with van der Waals surface area (Å²) < 4.78 is 33.4. The number of nitrogens with two attached hydrogens (primary N) is 1. The number of carbonyl (C=O) groups excluding carboxylic acids is 1. The molecular weight excluding hydrogens is 456 g/mol. The van der Waals surface area contributed by atoms with Crippen molar-refractivity contribution >= 4 is 21.7 Å². The van der Waals surface area contributed by atoms with Gasteiger partial charge in [-0.2, -0.15) is 4.31 Å². The minimum absolute atomic E-state index is 0.113. The zero-order valence-corrected chi connectivity index (χ0v) is 19.9. The average Bonchev–Trinajstić information content (AvgIpc) is 3.68. The standard InChI is InChI=1S/C24H32N4O5S/c25-19-6-10-21(11-7-19)34(31,32)28(20-8-9-20)17-23(29)22(16-18-4-2-1-3-5-18)26-24(30)27-12-14-33-15-13-27/h1-7,10-11,20,22-23,29H,8-9,12-17,25H2,(H,26,30)/t22-,23+/m0/s1. The summed E-state index contributed by atoms with van der Waals surface area (Å²) in [6, 6.07) is 14.5. The van der Waals surface area contributed by atoms with E-state index in [-0.39, 0.29) is 23.5 Å². The van der Waals surface area contributed by atoms with Gasteiger partial charge in [-0.15, -0.1) is 0 Å². The van der Waals surface area contributed by atoms with Gasteiger partial charge < -0.3 is 25.8 Å². The summed E-state index contributed by atoms with van der Waals surface area (Å²) in [6.07, 6.45) is 0.752. The molecule has 2 aromatic rings. The number of rotatable bonds is 9. The summed E-state index contributed by atoms with van der Waals surface area (Å²) in [5, 5.41) is 14.2. The fourth-order valence-electron chi connectivity index (χ4n) is 4.06. The van der Waals surface area contributed by atoms with Crippen LogP contribution in [0.4, 0.5) is 10.5 Å². The summed E-state index contributed by atoms with van der Waals surface area (Å²) in [6.45, 7) is 1.76. The van der Waals surface area contributed by atoms with Crippen molar-refractivity contribution in [3.8, 4) is 0 Å². The van der Waals surface area contributed by atoms with E-state index in [2.05, 4.69) is 5.32 Å². The van der Waals surface area contributed by atoms with Gasteiger partial charge >= 0.3 is 6.03 Å². The van der Waals surface area contributed by atoms with Gasteiger partial charge in [-0.05, 0) is 49.1 Å². The first kappa shape index (κ1) is 24.5. The third-order valence-electron chi connectivity index (χ3n) is 6.18. The second kappa shape index (κ2) is 10.7. The Morgan fingerprint density at radius 1 is 1.12 bits per heavy atom. The molecule has 34 heavy (non-hydrogen) atoms. The number of benzene rings is 2. The van der Waals surface area contributed by atoms with E-state index in [4.69, 9.17) is 10.5 Å². The van der Waals surface area contributed by atoms with Crippen LogP contribution in [-0.4, -0.2) is 79.8 Å². The van der Waals surface area contributed by atoms with Crippen molar-refractivity contribution in [2.45, 2.75) is 42.3 Å². The van der Waals surface area contributed by atoms with Crippen LogP contribution < -0.4 is 11.1 Å². The number of hydrogen-bond acceptors (Lipinski definition) is 6. The minimum atomic E-state index is -3.83. The molecule has 1 saturated carbocycles. The van der Waals surface area contributed by atoms with Gasteiger partial charge in [0.2, 0.25) is 10.0 Å². The van der Waals surface area contributed by atoms with Crippen LogP contribution in [0.2, 0.25) is 0 Å². The number of nitrogen functional groups attached to an aromatic ring is 1. The fourth-order valence-corrected chi connectivity index (χ4v) is 5.76. The SMILES string of the molecule is Nc1ccc(S(=O)(=O)N(C[C@@H](O)[C@H](Cc2ccccc2)NC(=O)N2CCOCC2)C2CC2)cc1. The lowest BCUT2D eigenvalue weighted by atomic mass is 10.0. The lowest BCUT2D eigenvalue weighted by molar-refractivity contribution is 0.0486. The molecule has 0 radical (unpaired) electrons. The predicted octanol–water partition coefficient (Wildman–Crippen LogP) is 1.44. The lowest BCUT2D eigenvalue weighted by Crippen LogP contribution is -2.55. The third kappa shape index (κ3) is 6.06. The molecule has 10 heteroatoms. The van der Waals surface area contributed by atoms with Gasteiger partial charge in [0.15, 0.2) is 0 Å². The van der Waals surface area contributed by atoms with Crippen molar-refractivity contribution in [1.29, 1.82) is 0 Å². The summed E-state index contributed by atoms with van der Waals surface area (Å²) >= 11 is 0. The van der Waals surface area contributed by atoms with Gasteiger partial charge in [0, 0.05) is 31.4 Å². The normalized spacial score (nSPS) is 18.5. The number of nitrogens with one attached hydrogen (secondary N) is 1. The van der Waals surface area contributed by atoms with E-state index in [1.165, 1.54) is 16.4 Å². The summed E-state index contributed by atoms with van der Waals surface area (Å²) in [5.74, 6) is 0. The van der Waals surface area contributed by atoms with Crippen molar-refractivity contribution in [2.24, 2.45) is 0 Å². The number of aliphatic hydroxyl groups excluding tert-OH is 1. The highest BCUT2D eigenvalue weighted by Gasteiger charge is 2.40. The molecule has 0 unspecified atom stereocenters. The van der Waals surface area contributed by atoms with Crippen molar-refractivity contribution in [2.75, 3.05) is 38.6 Å². The predicted molar refractivity (Wildman–Crippen MR) is 129 cm³/mol. The summed E-state index contributed by atoms with van der Waals surface area (Å²) in [4.78, 5) is 14.7. The maximum atomic E-state index is 13.4. The number of nitrogens with zero attached hydrogens (tertiary/aromatic N) is 2. The molecule has 0 spiro atoms. The van der Waals surface area contributed by atoms with Crippen molar-refractivity contribution in [3.63, 3.8) is 0 Å². The van der Waals surface area contributed by atoms with Crippen LogP contribution >= 0.6 is 0 Å². The van der Waals surface area contributed by atoms with E-state index < -0.39 is 22.2 Å². The number of aliphatic hydroxyl groups is 1. The Morgan fingerprint density at radius 2 is 1.76 bits per heavy atom. The second-order valence-electron chi connectivity index (χ2n) is 8.79. The van der Waals surface area contributed by atoms with Crippen LogP contribution in [0.3, 0.4) is 0 Å². The van der Waals surface area contributed by atoms with Crippen molar-refractivity contribution < 1.29 is 23.1 Å². The molecule has 2 fully saturated rings. The van der Waals surface area contributed by atoms with Gasteiger partial charge in [-0.3, -0.25) is 0 Å². The molecule has 4 rings (SSSR count). The fraction of sp³-hybridized carbons (Fsp3) is 0.458. The van der Waals surface area contributed by atoms with Crippen molar-refractivity contribution in [1.82, 2.24) is 14.5 Å². The molecule has 0 bridgehead atoms. The van der Waals surface area contributed by atoms with Gasteiger partial charge in [0.1, 0.15) is 0 Å². The number of sulfonamides is 1. The number of hydrogen-bond donors (Lipinski definition) is 3. The Bertz CT molecular complexity index is 1050. The minimum Gasteiger partial charge on any atom is -0.399 e. The summed E-state index contributed by atoms with van der Waals surface area (Å²) in [7, 11) is -3.83. The van der Waals surface area contributed by atoms with Crippen molar-refractivity contribution in [3.05, 3.63) is 60.2 Å². The molecule has 2 amide bonds. The van der Waals surface area contributed by atoms with Gasteiger partial charge in [-0.25, -0.2) is 13.2 Å². The van der Waals surface area contributed by atoms with E-state index in [9.17, 15) is 18.3 Å². The molecule has 9 nitrogen and oxygen atoms in total. The molecule has 184 valence electrons. The monoisotopic (exact) mass is 488 g/mol. The van der Waals surface area contributed by atoms with Gasteiger partial charge in [-0.1, -0.05) is 30.3 Å². The van der Waals surface area contributed by atoms with Crippen LogP contribution in [0.5, 0.6) is 0 Å². The van der Waals surface area contributed by atoms with E-state index >= 15 is 0 Å². The average molecular weight is 489 g/mol. The first-order valence-corrected chi connectivity index (χ1v) is 13.0. The Labute approximate surface area is 200 Å². The molecular formula is C24H32N4O5S. The van der Waals surface area contributed by atoms with Gasteiger partial charge in [0.25, 0.3) is 0 Å². The Morgan fingerprint density at radius 3 is 2.38 bits per heavy atom. The first-order valence-electron chi connectivity index (χ1n) is 11.6. The maximum Gasteiger partial charge on any atom is 0.317 e. The third-order valence-corrected chi connectivity index (χ3v) is 8.11. The Balaban J connectivity index is 1.53. The second-order valence-corrected chi connectivity index (χ2v) is 10.7. The molecule has 1 heterocycles. The lowest BCUT2D eigenvalue weighted by Gasteiger charge is -2.33. The molecule has 0 aromatic heterocycles. The van der Waals surface area contributed by atoms with Crippen LogP contribution in [0.1, 0.15) is 18.4 Å². The number of anilines is 1. The molecule has 1 aliphatic carbocycles. The molecule has 2 atom stereocenters. The highest BCUT2D eigenvalue weighted by Crippen LogP contribution is 2.32. The molecule has 1 aliphatic heterocycles. The number of morpholine rings is 1. The highest BCUT2D eigenvalue weighted by atomic mass is 32.2. The molecule has 2 aromatic carbocycles. The largest absolute Gasteiger partial charge is 0.399 e. The Hall–Kier alpha value is -2.66. The number of ether oxygens (including phenoxy) is 1. The topological polar surface area (TPSA) is 125 Å². The summed E-state index contributed by atoms with van der Waals surface area (Å²) in [5.41, 5.74) is 7.14. The first-order chi connectivity index (χ1) is 16.3. The van der Waals surface area contributed by atoms with Crippen LogP contribution in [0, 0.1) is 0 Å².